The Hall–Kier alpha value is -2.06. The van der Waals surface area contributed by atoms with E-state index in [1.54, 1.807) is 12.1 Å². The molecule has 1 N–H and O–H groups in total. The fraction of sp³-hybridized carbons (Fsp3) is 0.0625. The molecular formula is C16H14ClNO. The van der Waals surface area contributed by atoms with Crippen LogP contribution < -0.4 is 5.32 Å². The van der Waals surface area contributed by atoms with Gasteiger partial charge in [0.25, 0.3) is 0 Å². The van der Waals surface area contributed by atoms with Gasteiger partial charge >= 0.3 is 0 Å². The summed E-state index contributed by atoms with van der Waals surface area (Å²) in [6.07, 6.45) is 3.18. The molecule has 96 valence electrons. The van der Waals surface area contributed by atoms with Crippen LogP contribution in [0.2, 0.25) is 5.02 Å². The topological polar surface area (TPSA) is 29.1 Å². The molecule has 0 unspecified atom stereocenters. The highest BCUT2D eigenvalue weighted by Gasteiger charge is 1.99. The van der Waals surface area contributed by atoms with Crippen molar-refractivity contribution in [1.82, 2.24) is 0 Å². The summed E-state index contributed by atoms with van der Waals surface area (Å²) in [5.41, 5.74) is 2.71. The van der Waals surface area contributed by atoms with E-state index in [4.69, 9.17) is 11.6 Å². The molecule has 0 bridgehead atoms. The van der Waals surface area contributed by atoms with E-state index in [9.17, 15) is 4.79 Å². The summed E-state index contributed by atoms with van der Waals surface area (Å²) in [6, 6.07) is 15.0. The average Bonchev–Trinajstić information content (AvgIpc) is 2.38. The molecule has 0 saturated heterocycles. The molecule has 0 radical (unpaired) electrons. The Balaban J connectivity index is 2.04. The zero-order chi connectivity index (χ0) is 13.7. The van der Waals surface area contributed by atoms with Crippen molar-refractivity contribution in [2.24, 2.45) is 0 Å². The van der Waals surface area contributed by atoms with Crippen molar-refractivity contribution < 1.29 is 4.79 Å². The van der Waals surface area contributed by atoms with Gasteiger partial charge in [0.1, 0.15) is 0 Å². The maximum Gasteiger partial charge on any atom is 0.248 e. The Morgan fingerprint density at radius 1 is 1.16 bits per heavy atom. The summed E-state index contributed by atoms with van der Waals surface area (Å²) in [4.78, 5) is 11.8. The molecule has 0 aliphatic rings. The highest BCUT2D eigenvalue weighted by molar-refractivity contribution is 6.32. The highest BCUT2D eigenvalue weighted by atomic mass is 35.5. The van der Waals surface area contributed by atoms with E-state index >= 15 is 0 Å². The number of carbonyl (C=O) groups excluding carboxylic acids is 1. The maximum atomic E-state index is 11.8. The lowest BCUT2D eigenvalue weighted by Crippen LogP contribution is -2.07. The van der Waals surface area contributed by atoms with Gasteiger partial charge in [0.05, 0.1) is 0 Å². The molecule has 0 aliphatic carbocycles. The summed E-state index contributed by atoms with van der Waals surface area (Å²) in [5.74, 6) is -0.175. The monoisotopic (exact) mass is 271 g/mol. The van der Waals surface area contributed by atoms with Gasteiger partial charge in [-0.2, -0.15) is 0 Å². The molecule has 3 heteroatoms. The second-order valence-electron chi connectivity index (χ2n) is 4.21. The van der Waals surface area contributed by atoms with E-state index in [0.717, 1.165) is 16.8 Å². The van der Waals surface area contributed by atoms with E-state index in [0.29, 0.717) is 5.02 Å². The van der Waals surface area contributed by atoms with Crippen LogP contribution in [-0.4, -0.2) is 5.91 Å². The van der Waals surface area contributed by atoms with E-state index in [-0.39, 0.29) is 5.91 Å². The van der Waals surface area contributed by atoms with Crippen molar-refractivity contribution in [3.8, 4) is 0 Å². The lowest BCUT2D eigenvalue weighted by Gasteiger charge is -2.03. The minimum absolute atomic E-state index is 0.175. The molecule has 1 amide bonds. The van der Waals surface area contributed by atoms with Crippen molar-refractivity contribution in [3.05, 3.63) is 70.8 Å². The van der Waals surface area contributed by atoms with Crippen LogP contribution in [-0.2, 0) is 4.79 Å². The lowest BCUT2D eigenvalue weighted by atomic mass is 10.2. The number of aryl methyl sites for hydroxylation is 1. The maximum absolute atomic E-state index is 11.8. The van der Waals surface area contributed by atoms with Crippen LogP contribution in [0.1, 0.15) is 11.1 Å². The van der Waals surface area contributed by atoms with E-state index in [1.807, 2.05) is 49.4 Å². The van der Waals surface area contributed by atoms with Crippen LogP contribution in [0.4, 0.5) is 5.69 Å². The summed E-state index contributed by atoms with van der Waals surface area (Å²) in [5, 5.41) is 3.43. The van der Waals surface area contributed by atoms with Gasteiger partial charge in [-0.1, -0.05) is 41.9 Å². The molecule has 0 aromatic heterocycles. The molecule has 0 saturated carbocycles. The second-order valence-corrected chi connectivity index (χ2v) is 4.62. The molecule has 0 aliphatic heterocycles. The average molecular weight is 272 g/mol. The second kappa shape index (κ2) is 6.21. The van der Waals surface area contributed by atoms with Crippen molar-refractivity contribution in [2.75, 3.05) is 5.32 Å². The van der Waals surface area contributed by atoms with Crippen molar-refractivity contribution in [2.45, 2.75) is 6.92 Å². The molecular weight excluding hydrogens is 258 g/mol. The van der Waals surface area contributed by atoms with Crippen LogP contribution in [0.15, 0.2) is 54.6 Å². The van der Waals surface area contributed by atoms with Crippen molar-refractivity contribution >= 4 is 29.3 Å². The summed E-state index contributed by atoms with van der Waals surface area (Å²) in [6.45, 7) is 1.98. The van der Waals surface area contributed by atoms with Gasteiger partial charge in [0.15, 0.2) is 0 Å². The van der Waals surface area contributed by atoms with E-state index in [2.05, 4.69) is 5.32 Å². The molecule has 0 atom stereocenters. The summed E-state index contributed by atoms with van der Waals surface area (Å²) >= 11 is 6.01. The number of amides is 1. The molecule has 2 aromatic rings. The number of nitrogens with one attached hydrogen (secondary N) is 1. The fourth-order valence-corrected chi connectivity index (χ4v) is 1.88. The summed E-state index contributed by atoms with van der Waals surface area (Å²) < 4.78 is 0. The molecule has 0 fully saturated rings. The van der Waals surface area contributed by atoms with E-state index < -0.39 is 0 Å². The largest absolute Gasteiger partial charge is 0.323 e. The lowest BCUT2D eigenvalue weighted by molar-refractivity contribution is -0.111. The van der Waals surface area contributed by atoms with Gasteiger partial charge in [-0.15, -0.1) is 0 Å². The zero-order valence-corrected chi connectivity index (χ0v) is 11.3. The van der Waals surface area contributed by atoms with Crippen LogP contribution >= 0.6 is 11.6 Å². The Bertz CT molecular complexity index is 620. The third-order valence-corrected chi connectivity index (χ3v) is 2.95. The van der Waals surface area contributed by atoms with Gasteiger partial charge in [-0.25, -0.2) is 0 Å². The number of hydrogen-bond acceptors (Lipinski definition) is 1. The predicted octanol–water partition coefficient (Wildman–Crippen LogP) is 4.30. The first-order valence-electron chi connectivity index (χ1n) is 5.95. The zero-order valence-electron chi connectivity index (χ0n) is 10.6. The molecule has 0 spiro atoms. The Morgan fingerprint density at radius 3 is 2.68 bits per heavy atom. The molecule has 2 aromatic carbocycles. The number of halogens is 1. The van der Waals surface area contributed by atoms with Gasteiger partial charge < -0.3 is 5.32 Å². The highest BCUT2D eigenvalue weighted by Crippen LogP contribution is 2.16. The molecule has 2 rings (SSSR count). The van der Waals surface area contributed by atoms with Crippen LogP contribution in [0, 0.1) is 6.92 Å². The minimum Gasteiger partial charge on any atom is -0.323 e. The number of anilines is 1. The molecule has 2 nitrogen and oxygen atoms in total. The third-order valence-electron chi connectivity index (χ3n) is 2.61. The number of carbonyl (C=O) groups is 1. The van der Waals surface area contributed by atoms with Crippen molar-refractivity contribution in [3.63, 3.8) is 0 Å². The van der Waals surface area contributed by atoms with Crippen LogP contribution in [0.3, 0.4) is 0 Å². The minimum atomic E-state index is -0.175. The van der Waals surface area contributed by atoms with E-state index in [1.165, 1.54) is 6.08 Å². The Kier molecular flexibility index (Phi) is 4.37. The Morgan fingerprint density at radius 2 is 1.95 bits per heavy atom. The first kappa shape index (κ1) is 13.4. The Labute approximate surface area is 117 Å². The SMILES string of the molecule is Cc1cccc(NC(=O)/C=C/c2ccccc2Cl)c1. The quantitative estimate of drug-likeness (QED) is 0.829. The van der Waals surface area contributed by atoms with Gasteiger partial charge in [0, 0.05) is 16.8 Å². The number of hydrogen-bond donors (Lipinski definition) is 1. The first-order valence-corrected chi connectivity index (χ1v) is 6.33. The normalized spacial score (nSPS) is 10.6. The summed E-state index contributed by atoms with van der Waals surface area (Å²) in [7, 11) is 0. The van der Waals surface area contributed by atoms with Gasteiger partial charge in [0.2, 0.25) is 5.91 Å². The standard InChI is InChI=1S/C16H14ClNO/c1-12-5-4-7-14(11-12)18-16(19)10-9-13-6-2-3-8-15(13)17/h2-11H,1H3,(H,18,19)/b10-9+. The molecule has 0 heterocycles. The van der Waals surface area contributed by atoms with Crippen molar-refractivity contribution in [1.29, 1.82) is 0 Å². The smallest absolute Gasteiger partial charge is 0.248 e. The van der Waals surface area contributed by atoms with Gasteiger partial charge in [-0.3, -0.25) is 4.79 Å². The number of benzene rings is 2. The first-order chi connectivity index (χ1) is 9.15. The van der Waals surface area contributed by atoms with Crippen LogP contribution in [0.5, 0.6) is 0 Å². The van der Waals surface area contributed by atoms with Gasteiger partial charge in [-0.05, 0) is 42.3 Å². The third kappa shape index (κ3) is 3.97. The predicted molar refractivity (Wildman–Crippen MR) is 80.3 cm³/mol. The number of rotatable bonds is 3. The molecule has 19 heavy (non-hydrogen) atoms. The fourth-order valence-electron chi connectivity index (χ4n) is 1.68. The van der Waals surface area contributed by atoms with Crippen LogP contribution in [0.25, 0.3) is 6.08 Å².